The molecule has 0 aliphatic carbocycles. The molecule has 0 aromatic carbocycles. The van der Waals surface area contributed by atoms with E-state index in [4.69, 9.17) is 27.5 Å². The van der Waals surface area contributed by atoms with Gasteiger partial charge in [0.2, 0.25) is 5.91 Å². The summed E-state index contributed by atoms with van der Waals surface area (Å²) in [6.07, 6.45) is -0.900. The third-order valence-corrected chi connectivity index (χ3v) is 20.7. The molecule has 2 amide bonds. The Balaban J connectivity index is 1.94. The highest BCUT2D eigenvalue weighted by Gasteiger charge is 2.65. The molecule has 10 nitrogen and oxygen atoms in total. The number of carbonyl (C=O) groups excluding carboxylic acids is 2. The van der Waals surface area contributed by atoms with Gasteiger partial charge in [0.15, 0.2) is 8.32 Å². The molecule has 0 radical (unpaired) electrons. The molecule has 47 heavy (non-hydrogen) atoms. The number of nitrogens with one attached hydrogen (secondary N) is 1. The van der Waals surface area contributed by atoms with E-state index in [9.17, 15) is 9.59 Å². The van der Waals surface area contributed by atoms with Crippen LogP contribution in [0.25, 0.3) is 0 Å². The summed E-state index contributed by atoms with van der Waals surface area (Å²) in [5.41, 5.74) is -1.80. The smallest absolute Gasteiger partial charge is 0.412 e. The molecule has 3 aliphatic rings. The number of hydrogen-bond donors (Lipinski definition) is 1. The van der Waals surface area contributed by atoms with Crippen LogP contribution >= 0.6 is 11.8 Å². The Hall–Kier alpha value is -0.676. The van der Waals surface area contributed by atoms with Crippen molar-refractivity contribution < 1.29 is 37.1 Å². The summed E-state index contributed by atoms with van der Waals surface area (Å²) in [4.78, 5) is 27.8. The molecule has 0 spiro atoms. The first-order valence-electron chi connectivity index (χ1n) is 17.2. The number of rotatable bonds is 7. The minimum Gasteiger partial charge on any atom is -0.444 e. The largest absolute Gasteiger partial charge is 0.444 e. The molecule has 0 aromatic heterocycles. The van der Waals surface area contributed by atoms with E-state index >= 15 is 0 Å². The predicted octanol–water partition coefficient (Wildman–Crippen LogP) is 7.56. The Bertz CT molecular complexity index is 1110. The molecule has 0 bridgehead atoms. The fourth-order valence-corrected chi connectivity index (χ4v) is 14.4. The van der Waals surface area contributed by atoms with Gasteiger partial charge in [0.05, 0.1) is 31.4 Å². The van der Waals surface area contributed by atoms with Crippen molar-refractivity contribution in [2.75, 3.05) is 19.0 Å². The molecule has 3 aliphatic heterocycles. The maximum Gasteiger partial charge on any atom is 0.412 e. The summed E-state index contributed by atoms with van der Waals surface area (Å²) < 4.78 is 40.0. The first-order chi connectivity index (χ1) is 21.0. The van der Waals surface area contributed by atoms with Crippen LogP contribution in [0.15, 0.2) is 0 Å². The summed E-state index contributed by atoms with van der Waals surface area (Å²) in [6, 6.07) is -0.607. The SMILES string of the molecule is CC(=O)N[C@@H]1[C@@H](O[Si](C)(C)C(C)(C)C)[C@@H]2O[Si](C(C)(C)C)(C(C)(C)C)OC[C@H]2O[C@H]1SCC[C@H]1COC(C)(C)N1C(=O)OC(C)(C)C. The van der Waals surface area contributed by atoms with E-state index in [0.717, 1.165) is 0 Å². The lowest BCUT2D eigenvalue weighted by atomic mass is 9.98. The van der Waals surface area contributed by atoms with Gasteiger partial charge in [-0.3, -0.25) is 9.69 Å². The minimum absolute atomic E-state index is 0.0572. The van der Waals surface area contributed by atoms with Gasteiger partial charge in [-0.1, -0.05) is 62.3 Å². The van der Waals surface area contributed by atoms with Crippen LogP contribution in [0.4, 0.5) is 4.79 Å². The Morgan fingerprint density at radius 3 is 2.04 bits per heavy atom. The molecule has 3 heterocycles. The highest BCUT2D eigenvalue weighted by atomic mass is 32.2. The first-order valence-corrected chi connectivity index (χ1v) is 23.0. The quantitative estimate of drug-likeness (QED) is 0.267. The third-order valence-electron chi connectivity index (χ3n) is 9.88. The molecule has 0 unspecified atom stereocenters. The van der Waals surface area contributed by atoms with Crippen molar-refractivity contribution in [3.05, 3.63) is 0 Å². The van der Waals surface area contributed by atoms with Crippen LogP contribution in [-0.4, -0.2) is 99.9 Å². The van der Waals surface area contributed by atoms with Crippen molar-refractivity contribution in [3.63, 3.8) is 0 Å². The summed E-state index contributed by atoms with van der Waals surface area (Å²) in [6.45, 7) is 36.2. The van der Waals surface area contributed by atoms with Crippen molar-refractivity contribution in [3.8, 4) is 0 Å². The number of amides is 2. The molecule has 3 fully saturated rings. The lowest BCUT2D eigenvalue weighted by Gasteiger charge is -2.59. The van der Waals surface area contributed by atoms with Gasteiger partial charge in [-0.05, 0) is 64.9 Å². The van der Waals surface area contributed by atoms with Crippen LogP contribution in [0.3, 0.4) is 0 Å². The van der Waals surface area contributed by atoms with Gasteiger partial charge in [-0.15, -0.1) is 11.8 Å². The lowest BCUT2D eigenvalue weighted by Crippen LogP contribution is -2.74. The summed E-state index contributed by atoms with van der Waals surface area (Å²) in [5, 5.41) is 2.74. The molecule has 274 valence electrons. The Kier molecular flexibility index (Phi) is 12.0. The molecule has 6 atom stereocenters. The van der Waals surface area contributed by atoms with Gasteiger partial charge in [0, 0.05) is 17.0 Å². The van der Waals surface area contributed by atoms with Crippen LogP contribution in [0.5, 0.6) is 0 Å². The Morgan fingerprint density at radius 2 is 1.55 bits per heavy atom. The van der Waals surface area contributed by atoms with Crippen LogP contribution in [-0.2, 0) is 32.3 Å². The number of hydrogen-bond acceptors (Lipinski definition) is 9. The highest BCUT2D eigenvalue weighted by molar-refractivity contribution is 7.99. The zero-order valence-electron chi connectivity index (χ0n) is 32.4. The normalized spacial score (nSPS) is 30.1. The summed E-state index contributed by atoms with van der Waals surface area (Å²) >= 11 is 1.63. The Morgan fingerprint density at radius 1 is 0.979 bits per heavy atom. The van der Waals surface area contributed by atoms with Gasteiger partial charge in [-0.2, -0.15) is 0 Å². The molecule has 13 heteroatoms. The number of thioether (sulfide) groups is 1. The topological polar surface area (TPSA) is 105 Å². The zero-order valence-corrected chi connectivity index (χ0v) is 35.2. The van der Waals surface area contributed by atoms with E-state index in [1.807, 2.05) is 34.6 Å². The number of nitrogens with zero attached hydrogens (tertiary/aromatic N) is 1. The number of ether oxygens (including phenoxy) is 3. The van der Waals surface area contributed by atoms with Gasteiger partial charge in [0.25, 0.3) is 0 Å². The average molecular weight is 719 g/mol. The molecule has 3 rings (SSSR count). The van der Waals surface area contributed by atoms with Gasteiger partial charge in [0.1, 0.15) is 29.0 Å². The third kappa shape index (κ3) is 8.98. The van der Waals surface area contributed by atoms with E-state index in [-0.39, 0.29) is 39.3 Å². The second-order valence-corrected chi connectivity index (χ2v) is 29.3. The monoisotopic (exact) mass is 718 g/mol. The van der Waals surface area contributed by atoms with Gasteiger partial charge >= 0.3 is 14.7 Å². The van der Waals surface area contributed by atoms with Crippen LogP contribution in [0.1, 0.15) is 110 Å². The fourth-order valence-electron chi connectivity index (χ4n) is 6.80. The second-order valence-electron chi connectivity index (χ2n) is 18.5. The van der Waals surface area contributed by atoms with Crippen molar-refractivity contribution in [2.24, 2.45) is 0 Å². The molecule has 1 N–H and O–H groups in total. The molecular formula is C34H66N2O8SSi2. The zero-order chi connectivity index (χ0) is 36.2. The minimum atomic E-state index is -2.87. The van der Waals surface area contributed by atoms with Gasteiger partial charge in [-0.25, -0.2) is 4.79 Å². The highest BCUT2D eigenvalue weighted by Crippen LogP contribution is 2.56. The first kappa shape index (κ1) is 40.8. The van der Waals surface area contributed by atoms with Gasteiger partial charge < -0.3 is 32.8 Å². The average Bonchev–Trinajstić information content (AvgIpc) is 3.16. The van der Waals surface area contributed by atoms with Crippen LogP contribution in [0.2, 0.25) is 28.2 Å². The molecular weight excluding hydrogens is 653 g/mol. The van der Waals surface area contributed by atoms with Crippen molar-refractivity contribution in [1.82, 2.24) is 10.2 Å². The number of fused-ring (bicyclic) bond motifs is 1. The van der Waals surface area contributed by atoms with E-state index in [1.165, 1.54) is 0 Å². The van der Waals surface area contributed by atoms with Crippen molar-refractivity contribution in [2.45, 2.75) is 186 Å². The molecule has 0 saturated carbocycles. The maximum atomic E-state index is 13.2. The van der Waals surface area contributed by atoms with Crippen LogP contribution < -0.4 is 5.32 Å². The predicted molar refractivity (Wildman–Crippen MR) is 193 cm³/mol. The van der Waals surface area contributed by atoms with E-state index in [0.29, 0.717) is 25.4 Å². The molecule has 0 aromatic rings. The fraction of sp³-hybridized carbons (Fsp3) is 0.941. The summed E-state index contributed by atoms with van der Waals surface area (Å²) in [7, 11) is -5.20. The summed E-state index contributed by atoms with van der Waals surface area (Å²) in [5.74, 6) is 0.523. The van der Waals surface area contributed by atoms with E-state index in [1.54, 1.807) is 23.6 Å². The standard InChI is InChI=1S/C34H66N2O8SSi2/c1-22(37)35-25-27(43-46(16,17)31(5,6)7)26-24(21-40-47(44-26,32(8,9)10)33(11,12)13)41-28(25)45-19-18-23-20-39-34(14,15)36(23)29(38)42-30(2,3)4/h23-28H,18-21H2,1-17H3,(H,35,37)/t23-,24+,25+,26+,27+,28-/m0/s1. The van der Waals surface area contributed by atoms with Crippen molar-refractivity contribution in [1.29, 1.82) is 0 Å². The molecule has 3 saturated heterocycles. The van der Waals surface area contributed by atoms with Crippen molar-refractivity contribution >= 4 is 40.6 Å². The van der Waals surface area contributed by atoms with Crippen LogP contribution in [0, 0.1) is 0 Å². The maximum absolute atomic E-state index is 13.2. The number of carbonyl (C=O) groups is 2. The van der Waals surface area contributed by atoms with E-state index in [2.05, 4.69) is 80.7 Å². The van der Waals surface area contributed by atoms with E-state index < -0.39 is 51.9 Å². The Labute approximate surface area is 291 Å². The lowest BCUT2D eigenvalue weighted by molar-refractivity contribution is -0.192. The second kappa shape index (κ2) is 13.8.